The van der Waals surface area contributed by atoms with Crippen LogP contribution in [0.15, 0.2) is 18.2 Å². The van der Waals surface area contributed by atoms with E-state index in [1.165, 1.54) is 6.07 Å². The molecule has 0 saturated carbocycles. The first-order chi connectivity index (χ1) is 18.1. The van der Waals surface area contributed by atoms with E-state index in [1.54, 1.807) is 0 Å². The number of aliphatic hydroxyl groups is 2. The zero-order valence-corrected chi connectivity index (χ0v) is 20.6. The summed E-state index contributed by atoms with van der Waals surface area (Å²) in [4.78, 5) is 11.6. The average molecular weight is 557 g/mol. The number of aromatic nitrogens is 3. The predicted octanol–water partition coefficient (Wildman–Crippen LogP) is 2.78. The molecule has 10 nitrogen and oxygen atoms in total. The van der Waals surface area contributed by atoms with Crippen molar-refractivity contribution in [2.24, 2.45) is 5.92 Å². The molecular weight excluding hydrogens is 533 g/mol. The lowest BCUT2D eigenvalue weighted by Crippen LogP contribution is -2.50. The van der Waals surface area contributed by atoms with Gasteiger partial charge in [-0.05, 0) is 6.07 Å². The summed E-state index contributed by atoms with van der Waals surface area (Å²) in [6.45, 7) is -0.505. The molecule has 0 bridgehead atoms. The highest BCUT2D eigenvalue weighted by atomic mass is 35.5. The van der Waals surface area contributed by atoms with Crippen LogP contribution in [0, 0.1) is 17.6 Å². The average Bonchev–Trinajstić information content (AvgIpc) is 3.52. The number of halogens is 4. The number of benzene rings is 1. The summed E-state index contributed by atoms with van der Waals surface area (Å²) in [5.41, 5.74) is -1.31. The third-order valence-corrected chi connectivity index (χ3v) is 7.30. The molecule has 3 aromatic rings. The van der Waals surface area contributed by atoms with Gasteiger partial charge in [0.15, 0.2) is 17.1 Å². The molecule has 3 aliphatic rings. The fourth-order valence-electron chi connectivity index (χ4n) is 4.83. The van der Waals surface area contributed by atoms with E-state index >= 15 is 0 Å². The number of nitrogens with zero attached hydrogens (tertiary/aromatic N) is 2. The minimum Gasteiger partial charge on any atom is -0.490 e. The maximum absolute atomic E-state index is 14.6. The molecule has 0 aliphatic carbocycles. The lowest BCUT2D eigenvalue weighted by molar-refractivity contribution is -0.185. The Morgan fingerprint density at radius 2 is 2.00 bits per heavy atom. The van der Waals surface area contributed by atoms with Crippen LogP contribution < -0.4 is 10.1 Å². The number of pyridine rings is 1. The fraction of sp³-hybridized carbons (Fsp3) is 0.500. The maximum Gasteiger partial charge on any atom is 0.194 e. The lowest BCUT2D eigenvalue weighted by Gasteiger charge is -2.33. The van der Waals surface area contributed by atoms with Gasteiger partial charge in [0.05, 0.1) is 37.0 Å². The Balaban J connectivity index is 1.15. The number of H-pyrrole nitrogens is 1. The number of fused-ring (bicyclic) bond motifs is 2. The van der Waals surface area contributed by atoms with Crippen LogP contribution in [0.4, 0.5) is 19.0 Å². The van der Waals surface area contributed by atoms with Gasteiger partial charge in [-0.1, -0.05) is 11.6 Å². The van der Waals surface area contributed by atoms with Gasteiger partial charge in [-0.2, -0.15) is 0 Å². The van der Waals surface area contributed by atoms with Gasteiger partial charge in [0.2, 0.25) is 0 Å². The van der Waals surface area contributed by atoms with E-state index in [0.29, 0.717) is 18.5 Å². The van der Waals surface area contributed by atoms with Crippen molar-refractivity contribution in [3.8, 4) is 5.75 Å². The van der Waals surface area contributed by atoms with Crippen molar-refractivity contribution in [2.45, 2.75) is 36.6 Å². The van der Waals surface area contributed by atoms with Crippen molar-refractivity contribution in [3.63, 3.8) is 0 Å². The normalized spacial score (nSPS) is 26.8. The quantitative estimate of drug-likeness (QED) is 0.331. The topological polar surface area (TPSA) is 131 Å². The lowest BCUT2D eigenvalue weighted by atomic mass is 9.94. The third-order valence-electron chi connectivity index (χ3n) is 7.01. The molecule has 6 rings (SSSR count). The highest BCUT2D eigenvalue weighted by Crippen LogP contribution is 2.43. The minimum absolute atomic E-state index is 0.0877. The minimum atomic E-state index is -1.66. The number of anilines is 1. The molecule has 1 unspecified atom stereocenters. The van der Waals surface area contributed by atoms with Crippen molar-refractivity contribution < 1.29 is 42.3 Å². The molecule has 38 heavy (non-hydrogen) atoms. The van der Waals surface area contributed by atoms with Crippen LogP contribution >= 0.6 is 11.6 Å². The van der Waals surface area contributed by atoms with Crippen LogP contribution in [0.5, 0.6) is 5.75 Å². The first-order valence-electron chi connectivity index (χ1n) is 12.0. The fourth-order valence-corrected chi connectivity index (χ4v) is 5.05. The molecule has 0 spiro atoms. The van der Waals surface area contributed by atoms with Gasteiger partial charge in [-0.15, -0.1) is 0 Å². The third kappa shape index (κ3) is 4.56. The molecule has 4 N–H and O–H groups in total. The summed E-state index contributed by atoms with van der Waals surface area (Å²) in [5.74, 6) is -3.58. The molecule has 5 heterocycles. The number of ether oxygens (including phenoxy) is 4. The Kier molecular flexibility index (Phi) is 6.40. The van der Waals surface area contributed by atoms with Crippen LogP contribution in [-0.2, 0) is 20.8 Å². The molecule has 2 aromatic heterocycles. The SMILES string of the molecule is OC(c1nc2nc(NCc3c(F)cc(OCC4(F)COC4)cc3F)c(Cl)cc2[nH]1)[C@@H]1CO[C@]2(O)CCO[C@H]12. The highest BCUT2D eigenvalue weighted by molar-refractivity contribution is 6.33. The molecule has 204 valence electrons. The Morgan fingerprint density at radius 3 is 2.71 bits per heavy atom. The van der Waals surface area contributed by atoms with Crippen LogP contribution in [0.25, 0.3) is 11.2 Å². The first-order valence-corrected chi connectivity index (χ1v) is 12.4. The molecule has 3 fully saturated rings. The number of hydrogen-bond donors (Lipinski definition) is 4. The van der Waals surface area contributed by atoms with Crippen LogP contribution in [0.3, 0.4) is 0 Å². The number of aromatic amines is 1. The molecule has 0 amide bonds. The zero-order valence-electron chi connectivity index (χ0n) is 19.8. The molecule has 1 aromatic carbocycles. The first kappa shape index (κ1) is 25.6. The largest absolute Gasteiger partial charge is 0.490 e. The summed E-state index contributed by atoms with van der Waals surface area (Å²) in [5, 5.41) is 24.3. The van der Waals surface area contributed by atoms with Crippen molar-refractivity contribution in [1.29, 1.82) is 0 Å². The van der Waals surface area contributed by atoms with E-state index in [-0.39, 0.29) is 66.6 Å². The maximum atomic E-state index is 14.6. The molecule has 0 radical (unpaired) electrons. The number of hydrogen-bond acceptors (Lipinski definition) is 9. The van der Waals surface area contributed by atoms with Gasteiger partial charge in [0.1, 0.15) is 47.8 Å². The second-order valence-corrected chi connectivity index (χ2v) is 10.2. The molecule has 14 heteroatoms. The van der Waals surface area contributed by atoms with Crippen molar-refractivity contribution in [3.05, 3.63) is 46.2 Å². The van der Waals surface area contributed by atoms with E-state index in [9.17, 15) is 23.4 Å². The Bertz CT molecular complexity index is 1350. The predicted molar refractivity (Wildman–Crippen MR) is 126 cm³/mol. The van der Waals surface area contributed by atoms with E-state index in [0.717, 1.165) is 12.1 Å². The Hall–Kier alpha value is -2.68. The van der Waals surface area contributed by atoms with E-state index in [4.69, 9.17) is 30.5 Å². The van der Waals surface area contributed by atoms with Gasteiger partial charge in [-0.25, -0.2) is 23.1 Å². The number of imidazole rings is 1. The Morgan fingerprint density at radius 1 is 1.24 bits per heavy atom. The summed E-state index contributed by atoms with van der Waals surface area (Å²) >= 11 is 6.32. The Labute approximate surface area is 219 Å². The standard InChI is InChI=1S/C24H24ClF3N4O6/c25-14-5-17-21(32-22(30-17)18(33)13-7-38-24(34)1-2-36-19(13)24)31-20(14)29-6-12-15(26)3-11(4-16(12)27)37-10-23(28)8-35-9-23/h3-5,13,18-19,33-34H,1-2,6-10H2,(H2,29,30,31,32)/t13-,18?,19+,24+/m0/s1. The number of rotatable bonds is 8. The smallest absolute Gasteiger partial charge is 0.194 e. The van der Waals surface area contributed by atoms with E-state index in [2.05, 4.69) is 20.3 Å². The number of nitrogens with one attached hydrogen (secondary N) is 2. The zero-order chi connectivity index (χ0) is 26.7. The summed E-state index contributed by atoms with van der Waals surface area (Å²) in [6, 6.07) is 3.47. The van der Waals surface area contributed by atoms with Crippen LogP contribution in [0.1, 0.15) is 23.9 Å². The second kappa shape index (κ2) is 9.50. The van der Waals surface area contributed by atoms with Crippen molar-refractivity contribution in [2.75, 3.05) is 38.4 Å². The molecule has 3 aliphatic heterocycles. The summed E-state index contributed by atoms with van der Waals surface area (Å²) < 4.78 is 64.3. The molecule has 4 atom stereocenters. The second-order valence-electron chi connectivity index (χ2n) is 9.77. The van der Waals surface area contributed by atoms with Gasteiger partial charge in [0, 0.05) is 36.6 Å². The van der Waals surface area contributed by atoms with Crippen molar-refractivity contribution in [1.82, 2.24) is 15.0 Å². The van der Waals surface area contributed by atoms with Crippen LogP contribution in [-0.4, -0.2) is 75.8 Å². The van der Waals surface area contributed by atoms with E-state index in [1.807, 2.05) is 0 Å². The summed E-state index contributed by atoms with van der Waals surface area (Å²) in [6.07, 6.45) is -1.51. The van der Waals surface area contributed by atoms with Gasteiger partial charge >= 0.3 is 0 Å². The molecular formula is C24H24ClF3N4O6. The van der Waals surface area contributed by atoms with Crippen LogP contribution in [0.2, 0.25) is 5.02 Å². The van der Waals surface area contributed by atoms with Crippen molar-refractivity contribution >= 4 is 28.6 Å². The number of alkyl halides is 1. The highest BCUT2D eigenvalue weighted by Gasteiger charge is 2.56. The summed E-state index contributed by atoms with van der Waals surface area (Å²) in [7, 11) is 0. The van der Waals surface area contributed by atoms with Gasteiger partial charge < -0.3 is 39.5 Å². The van der Waals surface area contributed by atoms with Gasteiger partial charge in [0.25, 0.3) is 0 Å². The molecule has 3 saturated heterocycles. The van der Waals surface area contributed by atoms with E-state index < -0.39 is 41.2 Å². The van der Waals surface area contributed by atoms with Gasteiger partial charge in [-0.3, -0.25) is 0 Å². The number of aliphatic hydroxyl groups excluding tert-OH is 1. The monoisotopic (exact) mass is 556 g/mol.